The maximum atomic E-state index is 12.5. The van der Waals surface area contributed by atoms with Crippen molar-refractivity contribution in [1.82, 2.24) is 4.98 Å². The summed E-state index contributed by atoms with van der Waals surface area (Å²) in [7, 11) is 0. The second-order valence-electron chi connectivity index (χ2n) is 5.04. The quantitative estimate of drug-likeness (QED) is 0.896. The molecule has 1 atom stereocenters. The fourth-order valence-corrected chi connectivity index (χ4v) is 3.18. The summed E-state index contributed by atoms with van der Waals surface area (Å²) in [5, 5.41) is 6.19. The number of aryl methyl sites for hydroxylation is 2. The number of thiazole rings is 1. The molecule has 0 spiro atoms. The monoisotopic (exact) mass is 301 g/mol. The number of para-hydroxylation sites is 1. The first-order chi connectivity index (χ1) is 10.0. The van der Waals surface area contributed by atoms with Gasteiger partial charge >= 0.3 is 0 Å². The van der Waals surface area contributed by atoms with Crippen molar-refractivity contribution in [1.29, 1.82) is 0 Å². The van der Waals surface area contributed by atoms with Crippen LogP contribution in [0.5, 0.6) is 0 Å². The molecule has 0 fully saturated rings. The van der Waals surface area contributed by atoms with E-state index < -0.39 is 5.92 Å². The molecular weight excluding hydrogens is 286 g/mol. The summed E-state index contributed by atoms with van der Waals surface area (Å²) in [4.78, 5) is 29.6. The third-order valence-corrected chi connectivity index (χ3v) is 4.56. The van der Waals surface area contributed by atoms with Gasteiger partial charge in [0.05, 0.1) is 11.6 Å². The van der Waals surface area contributed by atoms with Gasteiger partial charge in [0.1, 0.15) is 0 Å². The number of nitrogens with one attached hydrogen (secondary N) is 2. The standard InChI is InChI=1S/C15H15N3O2S/c1-8-9(2)21-15(16-8)18-14(20)11-7-13(19)17-12-6-4-3-5-10(11)12/h3-6,11H,7H2,1-2H3,(H,17,19)(H,16,18,20). The van der Waals surface area contributed by atoms with Crippen molar-refractivity contribution in [2.75, 3.05) is 10.6 Å². The van der Waals surface area contributed by atoms with E-state index in [1.165, 1.54) is 11.3 Å². The molecule has 2 N–H and O–H groups in total. The molecule has 0 radical (unpaired) electrons. The smallest absolute Gasteiger partial charge is 0.234 e. The zero-order valence-electron chi connectivity index (χ0n) is 11.8. The second-order valence-corrected chi connectivity index (χ2v) is 6.25. The van der Waals surface area contributed by atoms with Crippen molar-refractivity contribution in [3.63, 3.8) is 0 Å². The summed E-state index contributed by atoms with van der Waals surface area (Å²) in [6, 6.07) is 7.39. The van der Waals surface area contributed by atoms with Crippen LogP contribution in [0.4, 0.5) is 10.8 Å². The van der Waals surface area contributed by atoms with Gasteiger partial charge in [0, 0.05) is 17.0 Å². The van der Waals surface area contributed by atoms with Gasteiger partial charge in [-0.3, -0.25) is 9.59 Å². The summed E-state index contributed by atoms with van der Waals surface area (Å²) < 4.78 is 0. The second kappa shape index (κ2) is 5.29. The number of anilines is 2. The molecule has 2 amide bonds. The van der Waals surface area contributed by atoms with Crippen molar-refractivity contribution in [3.05, 3.63) is 40.4 Å². The van der Waals surface area contributed by atoms with Gasteiger partial charge in [0.15, 0.2) is 5.13 Å². The van der Waals surface area contributed by atoms with E-state index in [4.69, 9.17) is 0 Å². The highest BCUT2D eigenvalue weighted by Gasteiger charge is 2.30. The van der Waals surface area contributed by atoms with Crippen LogP contribution in [0.3, 0.4) is 0 Å². The molecule has 21 heavy (non-hydrogen) atoms. The lowest BCUT2D eigenvalue weighted by Crippen LogP contribution is -2.30. The SMILES string of the molecule is Cc1nc(NC(=O)C2CC(=O)Nc3ccccc32)sc1C. The number of fused-ring (bicyclic) bond motifs is 1. The predicted molar refractivity (Wildman–Crippen MR) is 82.6 cm³/mol. The summed E-state index contributed by atoms with van der Waals surface area (Å²) in [6.45, 7) is 3.87. The number of carbonyl (C=O) groups is 2. The maximum Gasteiger partial charge on any atom is 0.234 e. The third-order valence-electron chi connectivity index (χ3n) is 3.57. The number of hydrogen-bond donors (Lipinski definition) is 2. The summed E-state index contributed by atoms with van der Waals surface area (Å²) >= 11 is 1.45. The van der Waals surface area contributed by atoms with E-state index in [1.54, 1.807) is 0 Å². The van der Waals surface area contributed by atoms with Gasteiger partial charge in [-0.2, -0.15) is 0 Å². The number of hydrogen-bond acceptors (Lipinski definition) is 4. The Labute approximate surface area is 126 Å². The summed E-state index contributed by atoms with van der Waals surface area (Å²) in [5.74, 6) is -0.800. The Bertz CT molecular complexity index is 704. The molecule has 2 heterocycles. The summed E-state index contributed by atoms with van der Waals surface area (Å²) in [5.41, 5.74) is 2.47. The molecule has 1 aliphatic rings. The average Bonchev–Trinajstić information content (AvgIpc) is 2.76. The Morgan fingerprint density at radius 1 is 1.38 bits per heavy atom. The van der Waals surface area contributed by atoms with Crippen molar-refractivity contribution in [3.8, 4) is 0 Å². The normalized spacial score (nSPS) is 17.0. The van der Waals surface area contributed by atoms with Gasteiger partial charge in [-0.25, -0.2) is 4.98 Å². The number of aromatic nitrogens is 1. The van der Waals surface area contributed by atoms with Gasteiger partial charge < -0.3 is 10.6 Å². The first kappa shape index (κ1) is 13.8. The van der Waals surface area contributed by atoms with Crippen LogP contribution in [-0.2, 0) is 9.59 Å². The van der Waals surface area contributed by atoms with Crippen molar-refractivity contribution in [2.24, 2.45) is 0 Å². The number of nitrogens with zero attached hydrogens (tertiary/aromatic N) is 1. The van der Waals surface area contributed by atoms with Crippen molar-refractivity contribution < 1.29 is 9.59 Å². The van der Waals surface area contributed by atoms with E-state index in [9.17, 15) is 9.59 Å². The number of amides is 2. The van der Waals surface area contributed by atoms with Gasteiger partial charge in [-0.05, 0) is 25.5 Å². The number of rotatable bonds is 2. The van der Waals surface area contributed by atoms with Crippen LogP contribution in [0.25, 0.3) is 0 Å². The van der Waals surface area contributed by atoms with Crippen LogP contribution in [0.1, 0.15) is 28.5 Å². The molecule has 0 saturated heterocycles. The van der Waals surface area contributed by atoms with Gasteiger partial charge in [-0.15, -0.1) is 11.3 Å². The molecule has 2 aromatic rings. The first-order valence-corrected chi connectivity index (χ1v) is 7.50. The van der Waals surface area contributed by atoms with E-state index in [-0.39, 0.29) is 18.2 Å². The molecule has 0 aliphatic carbocycles. The molecular formula is C15H15N3O2S. The lowest BCUT2D eigenvalue weighted by Gasteiger charge is -2.24. The highest BCUT2D eigenvalue weighted by atomic mass is 32.1. The van der Waals surface area contributed by atoms with Crippen LogP contribution in [0.2, 0.25) is 0 Å². The fourth-order valence-electron chi connectivity index (χ4n) is 2.36. The van der Waals surface area contributed by atoms with E-state index in [2.05, 4.69) is 15.6 Å². The molecule has 5 nitrogen and oxygen atoms in total. The molecule has 3 rings (SSSR count). The van der Waals surface area contributed by atoms with E-state index in [0.717, 1.165) is 16.1 Å². The zero-order valence-corrected chi connectivity index (χ0v) is 12.6. The number of carbonyl (C=O) groups excluding carboxylic acids is 2. The Balaban J connectivity index is 1.86. The highest BCUT2D eigenvalue weighted by Crippen LogP contribution is 2.33. The predicted octanol–water partition coefficient (Wildman–Crippen LogP) is 2.82. The molecule has 6 heteroatoms. The van der Waals surface area contributed by atoms with Crippen LogP contribution < -0.4 is 10.6 Å². The molecule has 0 bridgehead atoms. The van der Waals surface area contributed by atoms with Gasteiger partial charge in [0.2, 0.25) is 11.8 Å². The van der Waals surface area contributed by atoms with Crippen molar-refractivity contribution >= 4 is 34.0 Å². The largest absolute Gasteiger partial charge is 0.326 e. The Morgan fingerprint density at radius 3 is 2.86 bits per heavy atom. The van der Waals surface area contributed by atoms with E-state index in [0.29, 0.717) is 10.8 Å². The zero-order chi connectivity index (χ0) is 15.0. The minimum atomic E-state index is -0.473. The fraction of sp³-hybridized carbons (Fsp3) is 0.267. The lowest BCUT2D eigenvalue weighted by molar-refractivity contribution is -0.123. The minimum Gasteiger partial charge on any atom is -0.326 e. The highest BCUT2D eigenvalue weighted by molar-refractivity contribution is 7.15. The van der Waals surface area contributed by atoms with Crippen LogP contribution in [0.15, 0.2) is 24.3 Å². The summed E-state index contributed by atoms with van der Waals surface area (Å²) in [6.07, 6.45) is 0.159. The first-order valence-electron chi connectivity index (χ1n) is 6.68. The average molecular weight is 301 g/mol. The minimum absolute atomic E-state index is 0.139. The van der Waals surface area contributed by atoms with E-state index >= 15 is 0 Å². The Kier molecular flexibility index (Phi) is 3.47. The number of benzene rings is 1. The molecule has 1 unspecified atom stereocenters. The molecule has 1 aromatic carbocycles. The lowest BCUT2D eigenvalue weighted by atomic mass is 9.90. The molecule has 108 valence electrons. The van der Waals surface area contributed by atoms with E-state index in [1.807, 2.05) is 38.1 Å². The molecule has 1 aromatic heterocycles. The van der Waals surface area contributed by atoms with Gasteiger partial charge in [0.25, 0.3) is 0 Å². The Morgan fingerprint density at radius 2 is 2.14 bits per heavy atom. The maximum absolute atomic E-state index is 12.5. The van der Waals surface area contributed by atoms with Crippen LogP contribution in [-0.4, -0.2) is 16.8 Å². The molecule has 1 aliphatic heterocycles. The topological polar surface area (TPSA) is 71.1 Å². The van der Waals surface area contributed by atoms with Crippen LogP contribution >= 0.6 is 11.3 Å². The van der Waals surface area contributed by atoms with Gasteiger partial charge in [-0.1, -0.05) is 18.2 Å². The third kappa shape index (κ3) is 2.67. The van der Waals surface area contributed by atoms with Crippen molar-refractivity contribution in [2.45, 2.75) is 26.2 Å². The molecule has 0 saturated carbocycles. The Hall–Kier alpha value is -2.21. The van der Waals surface area contributed by atoms with Crippen LogP contribution in [0, 0.1) is 13.8 Å².